The summed E-state index contributed by atoms with van der Waals surface area (Å²) >= 11 is 3.15. The molecule has 0 spiro atoms. The first-order valence-electron chi connectivity index (χ1n) is 3.68. The molecular formula is C8H7BrN2O3. The van der Waals surface area contributed by atoms with Gasteiger partial charge in [-0.05, 0) is 11.6 Å². The number of rotatable bonds is 3. The van der Waals surface area contributed by atoms with Crippen LogP contribution in [0.5, 0.6) is 0 Å². The van der Waals surface area contributed by atoms with Gasteiger partial charge in [0, 0.05) is 23.0 Å². The fraction of sp³-hybridized carbons (Fsp3) is 0.125. The SMILES string of the molecule is NC(=O)c1cc(CBr)cc([N+](=O)[O-])c1. The van der Waals surface area contributed by atoms with E-state index in [1.807, 2.05) is 0 Å². The van der Waals surface area contributed by atoms with Crippen LogP contribution in [0.2, 0.25) is 0 Å². The first-order valence-corrected chi connectivity index (χ1v) is 4.81. The Hall–Kier alpha value is -1.43. The molecule has 1 amide bonds. The van der Waals surface area contributed by atoms with Crippen molar-refractivity contribution in [1.29, 1.82) is 0 Å². The second kappa shape index (κ2) is 4.19. The lowest BCUT2D eigenvalue weighted by Crippen LogP contribution is -2.11. The Morgan fingerprint density at radius 3 is 2.57 bits per heavy atom. The van der Waals surface area contributed by atoms with Crippen LogP contribution >= 0.6 is 15.9 Å². The van der Waals surface area contributed by atoms with Crippen molar-refractivity contribution in [3.8, 4) is 0 Å². The third kappa shape index (κ3) is 2.29. The molecule has 0 saturated heterocycles. The van der Waals surface area contributed by atoms with Crippen molar-refractivity contribution in [1.82, 2.24) is 0 Å². The summed E-state index contributed by atoms with van der Waals surface area (Å²) in [6, 6.07) is 4.07. The zero-order valence-electron chi connectivity index (χ0n) is 7.07. The van der Waals surface area contributed by atoms with Crippen molar-refractivity contribution in [3.05, 3.63) is 39.4 Å². The largest absolute Gasteiger partial charge is 0.366 e. The van der Waals surface area contributed by atoms with E-state index in [1.54, 1.807) is 0 Å². The normalized spacial score (nSPS) is 9.79. The van der Waals surface area contributed by atoms with Crippen LogP contribution in [-0.2, 0) is 5.33 Å². The van der Waals surface area contributed by atoms with Crippen molar-refractivity contribution in [3.63, 3.8) is 0 Å². The molecule has 0 aliphatic carbocycles. The number of hydrogen-bond donors (Lipinski definition) is 1. The molecule has 1 aromatic rings. The van der Waals surface area contributed by atoms with Crippen LogP contribution in [0, 0.1) is 10.1 Å². The molecule has 0 bridgehead atoms. The molecule has 0 aromatic heterocycles. The fourth-order valence-electron chi connectivity index (χ4n) is 0.999. The van der Waals surface area contributed by atoms with E-state index in [4.69, 9.17) is 5.73 Å². The molecule has 1 rings (SSSR count). The maximum Gasteiger partial charge on any atom is 0.270 e. The van der Waals surface area contributed by atoms with E-state index in [-0.39, 0.29) is 11.3 Å². The summed E-state index contributed by atoms with van der Waals surface area (Å²) in [6.07, 6.45) is 0. The number of primary amides is 1. The van der Waals surface area contributed by atoms with Crippen molar-refractivity contribution < 1.29 is 9.72 Å². The van der Waals surface area contributed by atoms with Crippen molar-refractivity contribution >= 4 is 27.5 Å². The van der Waals surface area contributed by atoms with Crippen LogP contribution in [-0.4, -0.2) is 10.8 Å². The van der Waals surface area contributed by atoms with Gasteiger partial charge in [-0.1, -0.05) is 15.9 Å². The summed E-state index contributed by atoms with van der Waals surface area (Å²) in [4.78, 5) is 20.8. The van der Waals surface area contributed by atoms with Gasteiger partial charge in [0.1, 0.15) is 0 Å². The molecule has 0 aliphatic rings. The lowest BCUT2D eigenvalue weighted by atomic mass is 10.1. The highest BCUT2D eigenvalue weighted by molar-refractivity contribution is 9.08. The lowest BCUT2D eigenvalue weighted by molar-refractivity contribution is -0.384. The molecule has 0 atom stereocenters. The highest BCUT2D eigenvalue weighted by atomic mass is 79.9. The molecule has 74 valence electrons. The predicted octanol–water partition coefficient (Wildman–Crippen LogP) is 1.59. The standard InChI is InChI=1S/C8H7BrN2O3/c9-4-5-1-6(8(10)12)3-7(2-5)11(13)14/h1-3H,4H2,(H2,10,12). The number of nitro benzene ring substituents is 1. The molecule has 0 unspecified atom stereocenters. The molecule has 2 N–H and O–H groups in total. The number of nitrogens with zero attached hydrogens (tertiary/aromatic N) is 1. The van der Waals surface area contributed by atoms with Gasteiger partial charge in [-0.2, -0.15) is 0 Å². The maximum absolute atomic E-state index is 10.8. The zero-order chi connectivity index (χ0) is 10.7. The first kappa shape index (κ1) is 10.6. The summed E-state index contributed by atoms with van der Waals surface area (Å²) in [6.45, 7) is 0. The van der Waals surface area contributed by atoms with Crippen LogP contribution in [0.3, 0.4) is 0 Å². The van der Waals surface area contributed by atoms with Gasteiger partial charge >= 0.3 is 0 Å². The lowest BCUT2D eigenvalue weighted by Gasteiger charge is -1.99. The average molecular weight is 259 g/mol. The van der Waals surface area contributed by atoms with Gasteiger partial charge in [-0.25, -0.2) is 0 Å². The van der Waals surface area contributed by atoms with Gasteiger partial charge < -0.3 is 5.73 Å². The Morgan fingerprint density at radius 2 is 2.14 bits per heavy atom. The Bertz CT molecular complexity index is 360. The summed E-state index contributed by atoms with van der Waals surface area (Å²) in [5.41, 5.74) is 5.69. The highest BCUT2D eigenvalue weighted by Gasteiger charge is 2.11. The number of alkyl halides is 1. The van der Waals surface area contributed by atoms with Crippen LogP contribution in [0.25, 0.3) is 0 Å². The second-order valence-corrected chi connectivity index (χ2v) is 3.20. The topological polar surface area (TPSA) is 86.2 Å². The number of halogens is 1. The summed E-state index contributed by atoms with van der Waals surface area (Å²) < 4.78 is 0. The highest BCUT2D eigenvalue weighted by Crippen LogP contribution is 2.18. The van der Waals surface area contributed by atoms with Crippen LogP contribution < -0.4 is 5.73 Å². The van der Waals surface area contributed by atoms with E-state index < -0.39 is 10.8 Å². The van der Waals surface area contributed by atoms with Gasteiger partial charge in [0.05, 0.1) is 4.92 Å². The van der Waals surface area contributed by atoms with E-state index >= 15 is 0 Å². The quantitative estimate of drug-likeness (QED) is 0.508. The Labute approximate surface area is 88.2 Å². The van der Waals surface area contributed by atoms with Gasteiger partial charge in [0.15, 0.2) is 0 Å². The maximum atomic E-state index is 10.8. The molecule has 5 nitrogen and oxygen atoms in total. The van der Waals surface area contributed by atoms with E-state index in [1.165, 1.54) is 12.1 Å². The molecule has 0 fully saturated rings. The fourth-order valence-corrected chi connectivity index (χ4v) is 1.32. The Morgan fingerprint density at radius 1 is 1.50 bits per heavy atom. The first-order chi connectivity index (χ1) is 6.54. The van der Waals surface area contributed by atoms with Crippen LogP contribution in [0.15, 0.2) is 18.2 Å². The van der Waals surface area contributed by atoms with Crippen molar-refractivity contribution in [2.45, 2.75) is 5.33 Å². The molecule has 0 radical (unpaired) electrons. The molecule has 14 heavy (non-hydrogen) atoms. The Balaban J connectivity index is 3.27. The molecule has 1 aromatic carbocycles. The van der Waals surface area contributed by atoms with E-state index in [0.29, 0.717) is 10.9 Å². The minimum absolute atomic E-state index is 0.129. The number of benzene rings is 1. The smallest absolute Gasteiger partial charge is 0.270 e. The summed E-state index contributed by atoms with van der Waals surface area (Å²) in [5.74, 6) is -0.670. The number of carbonyl (C=O) groups excluding carboxylic acids is 1. The average Bonchev–Trinajstić information content (AvgIpc) is 2.16. The number of hydrogen-bond acceptors (Lipinski definition) is 3. The monoisotopic (exact) mass is 258 g/mol. The van der Waals surface area contributed by atoms with Gasteiger partial charge in [0.25, 0.3) is 5.69 Å². The number of non-ortho nitro benzene ring substituents is 1. The van der Waals surface area contributed by atoms with E-state index in [0.717, 1.165) is 6.07 Å². The molecule has 6 heteroatoms. The van der Waals surface area contributed by atoms with E-state index in [2.05, 4.69) is 15.9 Å². The van der Waals surface area contributed by atoms with Crippen LogP contribution in [0.1, 0.15) is 15.9 Å². The molecule has 0 heterocycles. The molecule has 0 saturated carbocycles. The number of nitrogens with two attached hydrogens (primary N) is 1. The Kier molecular flexibility index (Phi) is 3.19. The van der Waals surface area contributed by atoms with Gasteiger partial charge in [-0.3, -0.25) is 14.9 Å². The number of carbonyl (C=O) groups is 1. The zero-order valence-corrected chi connectivity index (χ0v) is 8.65. The molecular weight excluding hydrogens is 252 g/mol. The summed E-state index contributed by atoms with van der Waals surface area (Å²) in [7, 11) is 0. The van der Waals surface area contributed by atoms with Crippen LogP contribution in [0.4, 0.5) is 5.69 Å². The molecule has 0 aliphatic heterocycles. The van der Waals surface area contributed by atoms with Crippen molar-refractivity contribution in [2.24, 2.45) is 5.73 Å². The predicted molar refractivity (Wildman–Crippen MR) is 54.2 cm³/mol. The van der Waals surface area contributed by atoms with Crippen molar-refractivity contribution in [2.75, 3.05) is 0 Å². The summed E-state index contributed by atoms with van der Waals surface area (Å²) in [5, 5.41) is 10.9. The minimum atomic E-state index is -0.670. The third-order valence-corrected chi connectivity index (χ3v) is 2.27. The third-order valence-electron chi connectivity index (χ3n) is 1.63. The van der Waals surface area contributed by atoms with Gasteiger partial charge in [-0.15, -0.1) is 0 Å². The number of amides is 1. The van der Waals surface area contributed by atoms with E-state index in [9.17, 15) is 14.9 Å². The second-order valence-electron chi connectivity index (χ2n) is 2.64. The van der Waals surface area contributed by atoms with Gasteiger partial charge in [0.2, 0.25) is 5.91 Å². The number of nitro groups is 1. The minimum Gasteiger partial charge on any atom is -0.366 e.